The van der Waals surface area contributed by atoms with Gasteiger partial charge in [0.25, 0.3) is 5.56 Å². The fraction of sp³-hybridized carbons (Fsp3) is 0.536. The molecule has 2 N–H and O–H groups in total. The number of nitrogens with zero attached hydrogens (tertiary/aromatic N) is 4. The number of rotatable bonds is 9. The Balaban J connectivity index is 1.69. The van der Waals surface area contributed by atoms with Crippen molar-refractivity contribution in [2.45, 2.75) is 76.7 Å². The Morgan fingerprint density at radius 1 is 1.09 bits per heavy atom. The molecular formula is C28H34F6N6O3S. The maximum absolute atomic E-state index is 15.3. The van der Waals surface area contributed by atoms with Crippen molar-refractivity contribution in [1.82, 2.24) is 19.4 Å². The fourth-order valence-corrected chi connectivity index (χ4v) is 6.32. The zero-order valence-electron chi connectivity index (χ0n) is 24.8. The lowest BCUT2D eigenvalue weighted by Crippen LogP contribution is -2.46. The van der Waals surface area contributed by atoms with Gasteiger partial charge in [0.2, 0.25) is 16.0 Å². The van der Waals surface area contributed by atoms with E-state index >= 15 is 4.39 Å². The average Bonchev–Trinajstić information content (AvgIpc) is 2.92. The van der Waals surface area contributed by atoms with Gasteiger partial charge in [0, 0.05) is 34.8 Å². The van der Waals surface area contributed by atoms with Crippen LogP contribution < -0.4 is 15.6 Å². The SMILES string of the molecule is CC(C)n1c(=O)c(-c2cc(F)c(NS(=O)(=O)CCC(F)(F)F)c(F)c2F)cc2cnc(NC3CCC(C)(N(C)C)CC3)nc21. The first-order valence-electron chi connectivity index (χ1n) is 13.9. The Kier molecular flexibility index (Phi) is 9.27. The van der Waals surface area contributed by atoms with E-state index in [0.717, 1.165) is 25.7 Å². The summed E-state index contributed by atoms with van der Waals surface area (Å²) in [4.78, 5) is 24.7. The van der Waals surface area contributed by atoms with Crippen molar-refractivity contribution in [2.75, 3.05) is 29.9 Å². The molecule has 0 atom stereocenters. The third-order valence-electron chi connectivity index (χ3n) is 8.13. The monoisotopic (exact) mass is 648 g/mol. The van der Waals surface area contributed by atoms with E-state index in [1.165, 1.54) is 21.6 Å². The summed E-state index contributed by atoms with van der Waals surface area (Å²) in [5, 5.41) is 3.58. The van der Waals surface area contributed by atoms with Crippen LogP contribution in [0.3, 0.4) is 0 Å². The quantitative estimate of drug-likeness (QED) is 0.222. The van der Waals surface area contributed by atoms with Crippen LogP contribution in [0.1, 0.15) is 58.9 Å². The third-order valence-corrected chi connectivity index (χ3v) is 9.38. The summed E-state index contributed by atoms with van der Waals surface area (Å²) in [6.45, 7) is 5.54. The van der Waals surface area contributed by atoms with Crippen molar-refractivity contribution in [1.29, 1.82) is 0 Å². The van der Waals surface area contributed by atoms with E-state index in [1.807, 2.05) is 14.1 Å². The number of pyridine rings is 1. The number of hydrogen-bond acceptors (Lipinski definition) is 7. The molecule has 0 saturated heterocycles. The molecule has 1 saturated carbocycles. The zero-order valence-corrected chi connectivity index (χ0v) is 25.6. The number of alkyl halides is 3. The van der Waals surface area contributed by atoms with Crippen LogP contribution in [0.4, 0.5) is 38.0 Å². The van der Waals surface area contributed by atoms with Gasteiger partial charge in [-0.1, -0.05) is 0 Å². The summed E-state index contributed by atoms with van der Waals surface area (Å²) >= 11 is 0. The molecule has 0 radical (unpaired) electrons. The standard InChI is InChI=1S/C28H34F6N6O3S/c1-15(2)40-24-16(14-35-26(37-24)36-17-6-8-27(3,9-7-17)39(4)5)12-19(25(40)41)18-13-20(29)23(22(31)21(18)30)38-44(42,43)11-10-28(32,33)34/h12-15,17,38H,6-11H2,1-5H3,(H,35,36,37). The molecule has 2 aromatic heterocycles. The smallest absolute Gasteiger partial charge is 0.351 e. The summed E-state index contributed by atoms with van der Waals surface area (Å²) in [5.74, 6) is -6.66. The van der Waals surface area contributed by atoms with Crippen LogP contribution in [0, 0.1) is 17.5 Å². The Hall–Kier alpha value is -3.40. The van der Waals surface area contributed by atoms with Crippen molar-refractivity contribution >= 4 is 32.7 Å². The van der Waals surface area contributed by atoms with Gasteiger partial charge in [0.05, 0.1) is 17.7 Å². The largest absolute Gasteiger partial charge is 0.390 e. The molecule has 0 aliphatic heterocycles. The van der Waals surface area contributed by atoms with Gasteiger partial charge in [-0.3, -0.25) is 14.1 Å². The minimum Gasteiger partial charge on any atom is -0.351 e. The Labute approximate surface area is 250 Å². The lowest BCUT2D eigenvalue weighted by Gasteiger charge is -2.42. The normalized spacial score (nSPS) is 19.6. The molecule has 16 heteroatoms. The summed E-state index contributed by atoms with van der Waals surface area (Å²) < 4.78 is 109. The van der Waals surface area contributed by atoms with E-state index in [0.29, 0.717) is 6.07 Å². The zero-order chi connectivity index (χ0) is 32.8. The van der Waals surface area contributed by atoms with Gasteiger partial charge in [-0.2, -0.15) is 18.2 Å². The minimum absolute atomic E-state index is 0.0841. The van der Waals surface area contributed by atoms with Crippen LogP contribution in [-0.2, 0) is 10.0 Å². The fourth-order valence-electron chi connectivity index (χ4n) is 5.22. The van der Waals surface area contributed by atoms with Gasteiger partial charge in [0.1, 0.15) is 11.3 Å². The topological polar surface area (TPSA) is 109 Å². The third kappa shape index (κ3) is 7.11. The number of aromatic nitrogens is 3. The molecule has 9 nitrogen and oxygen atoms in total. The number of anilines is 2. The molecule has 4 rings (SSSR count). The second-order valence-corrected chi connectivity index (χ2v) is 13.6. The Bertz CT molecular complexity index is 1720. The van der Waals surface area contributed by atoms with Crippen molar-refractivity contribution < 1.29 is 34.8 Å². The molecule has 0 bridgehead atoms. The van der Waals surface area contributed by atoms with Gasteiger partial charge in [0.15, 0.2) is 17.5 Å². The van der Waals surface area contributed by atoms with Crippen molar-refractivity contribution in [3.05, 3.63) is 46.1 Å². The molecule has 0 amide bonds. The summed E-state index contributed by atoms with van der Waals surface area (Å²) in [5.41, 5.74) is -3.30. The molecule has 2 heterocycles. The summed E-state index contributed by atoms with van der Waals surface area (Å²) in [6, 6.07) is 1.16. The van der Waals surface area contributed by atoms with E-state index in [4.69, 9.17) is 0 Å². The lowest BCUT2D eigenvalue weighted by atomic mass is 9.80. The molecule has 0 unspecified atom stereocenters. The number of sulfonamides is 1. The highest BCUT2D eigenvalue weighted by atomic mass is 32.2. The van der Waals surface area contributed by atoms with Gasteiger partial charge in [-0.25, -0.2) is 26.6 Å². The predicted molar refractivity (Wildman–Crippen MR) is 156 cm³/mol. The molecule has 1 fully saturated rings. The van der Waals surface area contributed by atoms with Gasteiger partial charge < -0.3 is 10.2 Å². The number of hydrogen-bond donors (Lipinski definition) is 2. The first-order chi connectivity index (χ1) is 20.3. The van der Waals surface area contributed by atoms with Crippen molar-refractivity contribution in [2.24, 2.45) is 0 Å². The second-order valence-electron chi connectivity index (χ2n) is 11.8. The van der Waals surface area contributed by atoms with Crippen molar-refractivity contribution in [3.63, 3.8) is 0 Å². The Morgan fingerprint density at radius 3 is 2.30 bits per heavy atom. The molecule has 0 spiro atoms. The first-order valence-corrected chi connectivity index (χ1v) is 15.6. The predicted octanol–water partition coefficient (Wildman–Crippen LogP) is 5.83. The molecule has 1 aliphatic carbocycles. The molecule has 242 valence electrons. The second kappa shape index (κ2) is 12.2. The summed E-state index contributed by atoms with van der Waals surface area (Å²) in [6.07, 6.45) is -1.58. The first kappa shape index (κ1) is 33.5. The van der Waals surface area contributed by atoms with Crippen molar-refractivity contribution in [3.8, 4) is 11.1 Å². The van der Waals surface area contributed by atoms with E-state index in [9.17, 15) is 35.2 Å². The van der Waals surface area contributed by atoms with Gasteiger partial charge in [-0.05, 0) is 72.7 Å². The molecule has 1 aromatic carbocycles. The number of halogens is 6. The Morgan fingerprint density at radius 2 is 1.73 bits per heavy atom. The van der Waals surface area contributed by atoms with E-state index < -0.39 is 74.2 Å². The lowest BCUT2D eigenvalue weighted by molar-refractivity contribution is -0.129. The van der Waals surface area contributed by atoms with E-state index in [1.54, 1.807) is 13.8 Å². The number of benzene rings is 1. The highest BCUT2D eigenvalue weighted by molar-refractivity contribution is 7.92. The van der Waals surface area contributed by atoms with Crippen LogP contribution in [0.25, 0.3) is 22.2 Å². The van der Waals surface area contributed by atoms with Crippen LogP contribution >= 0.6 is 0 Å². The average molecular weight is 649 g/mol. The summed E-state index contributed by atoms with van der Waals surface area (Å²) in [7, 11) is -0.797. The molecule has 1 aliphatic rings. The maximum Gasteiger partial charge on any atom is 0.390 e. The molecule has 3 aromatic rings. The van der Waals surface area contributed by atoms with Gasteiger partial charge in [-0.15, -0.1) is 0 Å². The number of nitrogens with one attached hydrogen (secondary N) is 2. The maximum atomic E-state index is 15.3. The van der Waals surface area contributed by atoms with Crippen LogP contribution in [0.5, 0.6) is 0 Å². The highest BCUT2D eigenvalue weighted by Gasteiger charge is 2.34. The van der Waals surface area contributed by atoms with Gasteiger partial charge >= 0.3 is 6.18 Å². The van der Waals surface area contributed by atoms with E-state index in [2.05, 4.69) is 27.1 Å². The molecular weight excluding hydrogens is 614 g/mol. The van der Waals surface area contributed by atoms with Crippen LogP contribution in [0.2, 0.25) is 0 Å². The minimum atomic E-state index is -4.89. The van der Waals surface area contributed by atoms with E-state index in [-0.39, 0.29) is 28.6 Å². The molecule has 44 heavy (non-hydrogen) atoms. The number of fused-ring (bicyclic) bond motifs is 1. The highest BCUT2D eigenvalue weighted by Crippen LogP contribution is 2.34. The van der Waals surface area contributed by atoms with Crippen LogP contribution in [0.15, 0.2) is 23.1 Å². The van der Waals surface area contributed by atoms with Crippen LogP contribution in [-0.4, -0.2) is 65.5 Å².